The maximum atomic E-state index is 11.7. The molecule has 0 radical (unpaired) electrons. The van der Waals surface area contributed by atoms with Crippen molar-refractivity contribution in [2.75, 3.05) is 33.3 Å². The van der Waals surface area contributed by atoms with Crippen LogP contribution in [0.4, 0.5) is 0 Å². The fourth-order valence-electron chi connectivity index (χ4n) is 3.81. The lowest BCUT2D eigenvalue weighted by molar-refractivity contribution is -0.146. The maximum Gasteiger partial charge on any atom is 0.308 e. The van der Waals surface area contributed by atoms with Crippen molar-refractivity contribution in [1.82, 2.24) is 19.8 Å². The third-order valence-electron chi connectivity index (χ3n) is 5.31. The van der Waals surface area contributed by atoms with Gasteiger partial charge in [-0.05, 0) is 45.2 Å². The second kappa shape index (κ2) is 11.4. The third kappa shape index (κ3) is 5.83. The fourth-order valence-corrected chi connectivity index (χ4v) is 3.81. The maximum absolute atomic E-state index is 11.7. The number of nitrogens with one attached hydrogen (secondary N) is 1. The highest BCUT2D eigenvalue weighted by atomic mass is 127. The Balaban J connectivity index is 0.00000300. The monoisotopic (exact) mass is 513 g/mol. The Hall–Kier alpha value is -1.84. The molecule has 1 aliphatic rings. The summed E-state index contributed by atoms with van der Waals surface area (Å²) in [5.41, 5.74) is 2.23. The van der Waals surface area contributed by atoms with E-state index in [4.69, 9.17) is 9.73 Å². The lowest BCUT2D eigenvalue weighted by Crippen LogP contribution is -2.46. The van der Waals surface area contributed by atoms with Crippen molar-refractivity contribution < 1.29 is 9.53 Å². The number of ether oxygens (including phenoxy) is 1. The number of guanidine groups is 1. The van der Waals surface area contributed by atoms with Gasteiger partial charge in [0.1, 0.15) is 5.82 Å². The van der Waals surface area contributed by atoms with E-state index in [1.807, 2.05) is 6.07 Å². The summed E-state index contributed by atoms with van der Waals surface area (Å²) >= 11 is 0. The molecule has 1 N–H and O–H groups in total. The molecule has 0 unspecified atom stereocenters. The molecule has 0 atom stereocenters. The molecule has 2 heterocycles. The Morgan fingerprint density at radius 2 is 2.03 bits per heavy atom. The predicted octanol–water partition coefficient (Wildman–Crippen LogP) is 3.20. The lowest BCUT2D eigenvalue weighted by atomic mass is 9.97. The van der Waals surface area contributed by atoms with E-state index in [0.29, 0.717) is 0 Å². The minimum Gasteiger partial charge on any atom is -0.469 e. The second-order valence-electron chi connectivity index (χ2n) is 7.17. The molecule has 160 valence electrons. The summed E-state index contributed by atoms with van der Waals surface area (Å²) in [5.74, 6) is 1.91. The molecule has 1 aromatic heterocycles. The average Bonchev–Trinajstić information content (AvgIpc) is 3.05. The van der Waals surface area contributed by atoms with Gasteiger partial charge in [-0.25, -0.2) is 4.98 Å². The first kappa shape index (κ1) is 23.4. The molecule has 0 bridgehead atoms. The number of hydrogen-bond donors (Lipinski definition) is 1. The van der Waals surface area contributed by atoms with Crippen LogP contribution in [0, 0.1) is 12.8 Å². The van der Waals surface area contributed by atoms with Crippen LogP contribution in [-0.2, 0) is 16.1 Å². The molecule has 8 heteroatoms. The Kier molecular flexibility index (Phi) is 9.19. The molecule has 1 aromatic carbocycles. The van der Waals surface area contributed by atoms with Gasteiger partial charge in [0.15, 0.2) is 5.96 Å². The topological polar surface area (TPSA) is 71.8 Å². The van der Waals surface area contributed by atoms with E-state index >= 15 is 0 Å². The smallest absolute Gasteiger partial charge is 0.308 e. The first-order valence-electron chi connectivity index (χ1n) is 10.2. The van der Waals surface area contributed by atoms with Gasteiger partial charge in [0.25, 0.3) is 0 Å². The summed E-state index contributed by atoms with van der Waals surface area (Å²) < 4.78 is 7.14. The number of esters is 1. The summed E-state index contributed by atoms with van der Waals surface area (Å²) in [6.45, 7) is 8.29. The van der Waals surface area contributed by atoms with E-state index in [0.717, 1.165) is 69.3 Å². The highest BCUT2D eigenvalue weighted by Gasteiger charge is 2.26. The summed E-state index contributed by atoms with van der Waals surface area (Å²) in [4.78, 5) is 23.4. The molecule has 7 nitrogen and oxygen atoms in total. The van der Waals surface area contributed by atoms with Crippen molar-refractivity contribution in [3.05, 3.63) is 30.1 Å². The Morgan fingerprint density at radius 1 is 1.31 bits per heavy atom. The molecule has 0 saturated carbocycles. The molecule has 0 amide bonds. The second-order valence-corrected chi connectivity index (χ2v) is 7.17. The number of fused-ring (bicyclic) bond motifs is 1. The zero-order valence-electron chi connectivity index (χ0n) is 17.6. The zero-order valence-corrected chi connectivity index (χ0v) is 19.9. The van der Waals surface area contributed by atoms with Crippen LogP contribution in [0.15, 0.2) is 29.3 Å². The molecule has 3 rings (SSSR count). The number of methoxy groups -OCH3 is 1. The standard InChI is InChI=1S/C21H31N5O2.HI/c1-4-22-21(25-14-10-17(11-15-25)20(27)28-3)23-12-7-13-26-16(2)24-18-8-5-6-9-19(18)26;/h5-6,8-9,17H,4,7,10-15H2,1-3H3,(H,22,23);1H. The SMILES string of the molecule is CCNC(=NCCCn1c(C)nc2ccccc21)N1CCC(C(=O)OC)CC1.I. The van der Waals surface area contributed by atoms with Gasteiger partial charge in [-0.15, -0.1) is 24.0 Å². The van der Waals surface area contributed by atoms with Crippen molar-refractivity contribution >= 4 is 46.9 Å². The third-order valence-corrected chi connectivity index (χ3v) is 5.31. The van der Waals surface area contributed by atoms with Crippen molar-refractivity contribution in [1.29, 1.82) is 0 Å². The van der Waals surface area contributed by atoms with Gasteiger partial charge in [0, 0.05) is 32.7 Å². The van der Waals surface area contributed by atoms with Gasteiger partial charge in [0.05, 0.1) is 24.1 Å². The first-order chi connectivity index (χ1) is 13.6. The number of likely N-dealkylation sites (tertiary alicyclic amines) is 1. The summed E-state index contributed by atoms with van der Waals surface area (Å²) in [7, 11) is 1.46. The highest BCUT2D eigenvalue weighted by molar-refractivity contribution is 14.0. The first-order valence-corrected chi connectivity index (χ1v) is 10.2. The van der Waals surface area contributed by atoms with E-state index in [1.165, 1.54) is 12.6 Å². The molecule has 1 fully saturated rings. The number of rotatable bonds is 6. The minimum atomic E-state index is -0.0930. The van der Waals surface area contributed by atoms with E-state index in [1.54, 1.807) is 0 Å². The minimum absolute atomic E-state index is 0. The number of aromatic nitrogens is 2. The Labute approximate surface area is 189 Å². The van der Waals surface area contributed by atoms with Crippen molar-refractivity contribution in [3.8, 4) is 0 Å². The number of carbonyl (C=O) groups is 1. The number of imidazole rings is 1. The van der Waals surface area contributed by atoms with Crippen molar-refractivity contribution in [2.24, 2.45) is 10.9 Å². The molecule has 1 aliphatic heterocycles. The molecule has 0 spiro atoms. The van der Waals surface area contributed by atoms with Crippen LogP contribution in [0.2, 0.25) is 0 Å². The molecule has 2 aromatic rings. The number of aryl methyl sites for hydroxylation is 2. The zero-order chi connectivity index (χ0) is 19.9. The van der Waals surface area contributed by atoms with E-state index in [-0.39, 0.29) is 35.9 Å². The number of aliphatic imine (C=N–C) groups is 1. The molecular weight excluding hydrogens is 481 g/mol. The van der Waals surface area contributed by atoms with Gasteiger partial charge >= 0.3 is 5.97 Å². The number of para-hydroxylation sites is 2. The van der Waals surface area contributed by atoms with Gasteiger partial charge < -0.3 is 19.5 Å². The van der Waals surface area contributed by atoms with Crippen LogP contribution >= 0.6 is 24.0 Å². The van der Waals surface area contributed by atoms with Gasteiger partial charge in [-0.3, -0.25) is 9.79 Å². The van der Waals surface area contributed by atoms with E-state index in [2.05, 4.69) is 51.8 Å². The Bertz CT molecular complexity index is 828. The molecule has 1 saturated heterocycles. The molecular formula is C21H32IN5O2. The van der Waals surface area contributed by atoms with Crippen LogP contribution in [0.25, 0.3) is 11.0 Å². The van der Waals surface area contributed by atoms with Crippen LogP contribution in [0.5, 0.6) is 0 Å². The molecule has 0 aliphatic carbocycles. The van der Waals surface area contributed by atoms with Crippen LogP contribution in [0.1, 0.15) is 32.0 Å². The van der Waals surface area contributed by atoms with Gasteiger partial charge in [-0.1, -0.05) is 12.1 Å². The van der Waals surface area contributed by atoms with Crippen molar-refractivity contribution in [2.45, 2.75) is 39.7 Å². The molecule has 29 heavy (non-hydrogen) atoms. The van der Waals surface area contributed by atoms with Gasteiger partial charge in [0.2, 0.25) is 0 Å². The fraction of sp³-hybridized carbons (Fsp3) is 0.571. The summed E-state index contributed by atoms with van der Waals surface area (Å²) in [6.07, 6.45) is 2.59. The number of carbonyl (C=O) groups excluding carboxylic acids is 1. The number of piperidine rings is 1. The van der Waals surface area contributed by atoms with Gasteiger partial charge in [-0.2, -0.15) is 0 Å². The van der Waals surface area contributed by atoms with Crippen LogP contribution in [-0.4, -0.2) is 59.7 Å². The number of halogens is 1. The summed E-state index contributed by atoms with van der Waals surface area (Å²) in [6, 6.07) is 8.25. The normalized spacial score (nSPS) is 15.3. The largest absolute Gasteiger partial charge is 0.469 e. The van der Waals surface area contributed by atoms with Crippen LogP contribution < -0.4 is 5.32 Å². The van der Waals surface area contributed by atoms with E-state index < -0.39 is 0 Å². The number of benzene rings is 1. The van der Waals surface area contributed by atoms with Crippen molar-refractivity contribution in [3.63, 3.8) is 0 Å². The van der Waals surface area contributed by atoms with Crippen LogP contribution in [0.3, 0.4) is 0 Å². The quantitative estimate of drug-likeness (QED) is 0.211. The summed E-state index contributed by atoms with van der Waals surface area (Å²) in [5, 5.41) is 3.39. The predicted molar refractivity (Wildman–Crippen MR) is 127 cm³/mol. The Morgan fingerprint density at radius 3 is 2.72 bits per heavy atom. The average molecular weight is 513 g/mol. The number of nitrogens with zero attached hydrogens (tertiary/aromatic N) is 4. The number of hydrogen-bond acceptors (Lipinski definition) is 4. The van der Waals surface area contributed by atoms with E-state index in [9.17, 15) is 4.79 Å². The highest BCUT2D eigenvalue weighted by Crippen LogP contribution is 2.19. The lowest BCUT2D eigenvalue weighted by Gasteiger charge is -2.33.